The van der Waals surface area contributed by atoms with Crippen LogP contribution in [-0.2, 0) is 0 Å². The summed E-state index contributed by atoms with van der Waals surface area (Å²) in [7, 11) is 0. The maximum absolute atomic E-state index is 4.70. The lowest BCUT2D eigenvalue weighted by Crippen LogP contribution is -2.31. The molecule has 0 bridgehead atoms. The molecule has 0 radical (unpaired) electrons. The third-order valence-electron chi connectivity index (χ3n) is 2.99. The van der Waals surface area contributed by atoms with Crippen molar-refractivity contribution in [3.63, 3.8) is 0 Å². The van der Waals surface area contributed by atoms with Gasteiger partial charge in [0.05, 0.1) is 21.7 Å². The van der Waals surface area contributed by atoms with Crippen molar-refractivity contribution in [2.75, 3.05) is 0 Å². The highest BCUT2D eigenvalue weighted by Gasteiger charge is 2.00. The molecule has 2 nitrogen and oxygen atoms in total. The number of rotatable bonds is 0. The van der Waals surface area contributed by atoms with Gasteiger partial charge in [-0.25, -0.2) is 9.97 Å². The highest BCUT2D eigenvalue weighted by molar-refractivity contribution is 5.75. The monoisotopic (exact) mass is 222 g/mol. The molecule has 0 unspecified atom stereocenters. The Hall–Kier alpha value is -1.96. The molecule has 1 aliphatic rings. The van der Waals surface area contributed by atoms with E-state index in [9.17, 15) is 0 Å². The molecule has 0 atom stereocenters. The van der Waals surface area contributed by atoms with E-state index in [0.717, 1.165) is 28.2 Å². The third-order valence-corrected chi connectivity index (χ3v) is 2.99. The van der Waals surface area contributed by atoms with Crippen molar-refractivity contribution in [2.24, 2.45) is 0 Å². The maximum Gasteiger partial charge on any atom is 0.0897 e. The molecule has 17 heavy (non-hydrogen) atoms. The van der Waals surface area contributed by atoms with Crippen molar-refractivity contribution < 1.29 is 0 Å². The minimum atomic E-state index is 0.932. The summed E-state index contributed by atoms with van der Waals surface area (Å²) in [6.45, 7) is 4.18. The first-order valence-corrected chi connectivity index (χ1v) is 5.85. The van der Waals surface area contributed by atoms with Gasteiger partial charge >= 0.3 is 0 Å². The Balaban J connectivity index is 2.42. The molecular weight excluding hydrogens is 208 g/mol. The van der Waals surface area contributed by atoms with Gasteiger partial charge in [-0.15, -0.1) is 0 Å². The number of aryl methyl sites for hydroxylation is 1. The quantitative estimate of drug-likeness (QED) is 0.680. The number of nitrogens with zero attached hydrogens (tertiary/aromatic N) is 2. The van der Waals surface area contributed by atoms with E-state index in [1.54, 1.807) is 0 Å². The van der Waals surface area contributed by atoms with Crippen LogP contribution in [0.25, 0.3) is 23.2 Å². The van der Waals surface area contributed by atoms with Crippen LogP contribution in [0.4, 0.5) is 0 Å². The second kappa shape index (κ2) is 3.81. The Kier molecular flexibility index (Phi) is 2.29. The van der Waals surface area contributed by atoms with Gasteiger partial charge in [-0.1, -0.05) is 23.8 Å². The normalized spacial score (nSPS) is 14.4. The average Bonchev–Trinajstić information content (AvgIpc) is 2.46. The largest absolute Gasteiger partial charge is 0.245 e. The van der Waals surface area contributed by atoms with Crippen molar-refractivity contribution in [1.29, 1.82) is 0 Å². The number of hydrogen-bond donors (Lipinski definition) is 0. The molecule has 0 spiro atoms. The van der Waals surface area contributed by atoms with Gasteiger partial charge in [-0.2, -0.15) is 0 Å². The summed E-state index contributed by atoms with van der Waals surface area (Å²) in [5.74, 6) is 0. The SMILES string of the molecule is CC1=CCC=c2nc3ccc(C)cc3nc2=C1. The van der Waals surface area contributed by atoms with Gasteiger partial charge in [-0.3, -0.25) is 0 Å². The first-order valence-electron chi connectivity index (χ1n) is 5.85. The molecule has 1 aromatic carbocycles. The Morgan fingerprint density at radius 1 is 0.941 bits per heavy atom. The van der Waals surface area contributed by atoms with Crippen LogP contribution in [-0.4, -0.2) is 9.97 Å². The van der Waals surface area contributed by atoms with E-state index in [0.29, 0.717) is 0 Å². The standard InChI is InChI=1S/C15H14N2/c1-10-4-3-5-12-14(8-10)17-15-9-11(2)6-7-13(15)16-12/h4-9H,3H2,1-2H3. The van der Waals surface area contributed by atoms with Crippen LogP contribution in [0, 0.1) is 6.92 Å². The van der Waals surface area contributed by atoms with Crippen LogP contribution in [0.1, 0.15) is 18.9 Å². The van der Waals surface area contributed by atoms with Gasteiger partial charge in [-0.05, 0) is 44.0 Å². The van der Waals surface area contributed by atoms with Crippen LogP contribution in [0.2, 0.25) is 0 Å². The highest BCUT2D eigenvalue weighted by atomic mass is 14.8. The molecule has 1 aliphatic carbocycles. The van der Waals surface area contributed by atoms with E-state index in [-0.39, 0.29) is 0 Å². The molecule has 0 saturated heterocycles. The van der Waals surface area contributed by atoms with Gasteiger partial charge in [0.15, 0.2) is 0 Å². The van der Waals surface area contributed by atoms with Crippen LogP contribution in [0.5, 0.6) is 0 Å². The average molecular weight is 222 g/mol. The molecule has 0 fully saturated rings. The molecule has 0 aliphatic heterocycles. The number of benzene rings is 1. The first kappa shape index (κ1) is 10.2. The first-order chi connectivity index (χ1) is 8.22. The Bertz CT molecular complexity index is 739. The summed E-state index contributed by atoms with van der Waals surface area (Å²) in [4.78, 5) is 9.37. The molecule has 3 rings (SSSR count). The smallest absolute Gasteiger partial charge is 0.0897 e. The fraction of sp³-hybridized carbons (Fsp3) is 0.200. The second-order valence-electron chi connectivity index (χ2n) is 4.52. The van der Waals surface area contributed by atoms with E-state index in [2.05, 4.69) is 49.2 Å². The summed E-state index contributed by atoms with van der Waals surface area (Å²) >= 11 is 0. The van der Waals surface area contributed by atoms with E-state index < -0.39 is 0 Å². The molecule has 1 aromatic heterocycles. The predicted molar refractivity (Wildman–Crippen MR) is 70.8 cm³/mol. The zero-order valence-corrected chi connectivity index (χ0v) is 10.1. The molecule has 2 heteroatoms. The van der Waals surface area contributed by atoms with Crippen LogP contribution < -0.4 is 10.7 Å². The lowest BCUT2D eigenvalue weighted by molar-refractivity contribution is 1.16. The van der Waals surface area contributed by atoms with Crippen LogP contribution in [0.15, 0.2) is 29.8 Å². The molecule has 2 aromatic rings. The summed E-state index contributed by atoms with van der Waals surface area (Å²) in [6, 6.07) is 6.20. The van der Waals surface area contributed by atoms with Gasteiger partial charge < -0.3 is 0 Å². The van der Waals surface area contributed by atoms with Crippen molar-refractivity contribution in [2.45, 2.75) is 20.3 Å². The third kappa shape index (κ3) is 1.86. The molecule has 0 saturated carbocycles. The fourth-order valence-corrected chi connectivity index (χ4v) is 2.08. The van der Waals surface area contributed by atoms with Crippen molar-refractivity contribution >= 4 is 23.2 Å². The van der Waals surface area contributed by atoms with E-state index in [1.807, 2.05) is 6.07 Å². The van der Waals surface area contributed by atoms with Gasteiger partial charge in [0.2, 0.25) is 0 Å². The predicted octanol–water partition coefficient (Wildman–Crippen LogP) is 1.85. The van der Waals surface area contributed by atoms with Crippen LogP contribution >= 0.6 is 0 Å². The number of allylic oxidation sites excluding steroid dienone is 2. The summed E-state index contributed by atoms with van der Waals surface area (Å²) < 4.78 is 0. The number of hydrogen-bond acceptors (Lipinski definition) is 2. The van der Waals surface area contributed by atoms with Crippen molar-refractivity contribution in [3.8, 4) is 0 Å². The lowest BCUT2D eigenvalue weighted by Gasteiger charge is -1.98. The Morgan fingerprint density at radius 2 is 1.76 bits per heavy atom. The highest BCUT2D eigenvalue weighted by Crippen LogP contribution is 2.08. The van der Waals surface area contributed by atoms with E-state index >= 15 is 0 Å². The Labute approximate surface area is 100 Å². The molecule has 1 heterocycles. The number of aromatic nitrogens is 2. The summed E-state index contributed by atoms with van der Waals surface area (Å²) in [6.07, 6.45) is 7.36. The zero-order chi connectivity index (χ0) is 11.8. The van der Waals surface area contributed by atoms with Gasteiger partial charge in [0.1, 0.15) is 0 Å². The van der Waals surface area contributed by atoms with Crippen molar-refractivity contribution in [1.82, 2.24) is 9.97 Å². The number of fused-ring (bicyclic) bond motifs is 2. The minimum absolute atomic E-state index is 0.932. The van der Waals surface area contributed by atoms with Crippen molar-refractivity contribution in [3.05, 3.63) is 46.1 Å². The second-order valence-corrected chi connectivity index (χ2v) is 4.52. The van der Waals surface area contributed by atoms with E-state index in [4.69, 9.17) is 4.98 Å². The molecule has 0 amide bonds. The minimum Gasteiger partial charge on any atom is -0.245 e. The topological polar surface area (TPSA) is 25.8 Å². The van der Waals surface area contributed by atoms with Crippen LogP contribution in [0.3, 0.4) is 0 Å². The summed E-state index contributed by atoms with van der Waals surface area (Å²) in [5.41, 5.74) is 4.42. The van der Waals surface area contributed by atoms with Gasteiger partial charge in [0.25, 0.3) is 0 Å². The summed E-state index contributed by atoms with van der Waals surface area (Å²) in [5, 5.41) is 1.98. The molecule has 0 N–H and O–H groups in total. The van der Waals surface area contributed by atoms with E-state index in [1.165, 1.54) is 11.1 Å². The zero-order valence-electron chi connectivity index (χ0n) is 10.1. The van der Waals surface area contributed by atoms with Gasteiger partial charge in [0, 0.05) is 0 Å². The molecular formula is C15H14N2. The fourth-order valence-electron chi connectivity index (χ4n) is 2.08. The Morgan fingerprint density at radius 3 is 2.65 bits per heavy atom. The lowest BCUT2D eigenvalue weighted by atomic mass is 10.2. The maximum atomic E-state index is 4.70. The molecule has 84 valence electrons.